The summed E-state index contributed by atoms with van der Waals surface area (Å²) >= 11 is 0. The van der Waals surface area contributed by atoms with Gasteiger partial charge in [0.15, 0.2) is 6.61 Å². The fraction of sp³-hybridized carbons (Fsp3) is 0.467. The first-order valence-electron chi connectivity index (χ1n) is 14.2. The first-order valence-corrected chi connectivity index (χ1v) is 14.2. The third kappa shape index (κ3) is 7.71. The van der Waals surface area contributed by atoms with Gasteiger partial charge in [-0.05, 0) is 48.2 Å². The molecule has 0 radical (unpaired) electrons. The number of nitrogens with zero attached hydrogens (tertiary/aromatic N) is 3. The van der Waals surface area contributed by atoms with Gasteiger partial charge in [0.05, 0.1) is 25.2 Å². The standard InChI is InChI=1S/C30H33F3N6O4/c31-30(32,33)19-43-27-38-24-11-20-1-5-22(6-2-20)25(40)36-15-28(9-10-28)13-34-14-29(16-41-17-29)18-42-23-7-3-21(4-8-23)12-35-26(37-24)39-27/h1-8,34H,9-19H2,(H,36,40)(H,35,37,38,39). The van der Waals surface area contributed by atoms with Crippen LogP contribution in [0.25, 0.3) is 0 Å². The van der Waals surface area contributed by atoms with Crippen LogP contribution in [0.2, 0.25) is 0 Å². The quantitative estimate of drug-likeness (QED) is 0.407. The molecule has 1 amide bonds. The van der Waals surface area contributed by atoms with Gasteiger partial charge in [0.25, 0.3) is 5.91 Å². The number of hydrogen-bond acceptors (Lipinski definition) is 9. The van der Waals surface area contributed by atoms with E-state index >= 15 is 0 Å². The molecule has 228 valence electrons. The van der Waals surface area contributed by atoms with Gasteiger partial charge in [0.1, 0.15) is 11.6 Å². The fourth-order valence-corrected chi connectivity index (χ4v) is 5.03. The average molecular weight is 599 g/mol. The number of ether oxygens (including phenoxy) is 3. The van der Waals surface area contributed by atoms with Gasteiger partial charge >= 0.3 is 12.2 Å². The monoisotopic (exact) mass is 598 g/mol. The van der Waals surface area contributed by atoms with Crippen molar-refractivity contribution >= 4 is 11.9 Å². The maximum atomic E-state index is 12.9. The highest BCUT2D eigenvalue weighted by Gasteiger charge is 2.44. The minimum atomic E-state index is -4.54. The van der Waals surface area contributed by atoms with E-state index in [2.05, 4.69) is 30.9 Å². The molecule has 13 heteroatoms. The Bertz CT molecular complexity index is 1430. The number of carbonyl (C=O) groups is 1. The lowest BCUT2D eigenvalue weighted by Crippen LogP contribution is -2.54. The number of aromatic nitrogens is 3. The Morgan fingerprint density at radius 2 is 1.56 bits per heavy atom. The summed E-state index contributed by atoms with van der Waals surface area (Å²) in [7, 11) is 0. The number of rotatable bonds is 2. The highest BCUT2D eigenvalue weighted by Crippen LogP contribution is 2.44. The Hall–Kier alpha value is -3.97. The van der Waals surface area contributed by atoms with E-state index in [0.717, 1.165) is 42.8 Å². The van der Waals surface area contributed by atoms with E-state index in [1.54, 1.807) is 24.3 Å². The highest BCUT2D eigenvalue weighted by atomic mass is 19.4. The van der Waals surface area contributed by atoms with Crippen molar-refractivity contribution in [3.8, 4) is 11.8 Å². The molecule has 2 spiro atoms. The van der Waals surface area contributed by atoms with E-state index in [0.29, 0.717) is 38.5 Å². The predicted octanol–water partition coefficient (Wildman–Crippen LogP) is 3.52. The molecule has 3 N–H and O–H groups in total. The Morgan fingerprint density at radius 3 is 2.23 bits per heavy atom. The molecule has 2 fully saturated rings. The molecule has 6 heterocycles. The molecule has 6 aliphatic rings. The molecule has 1 saturated heterocycles. The van der Waals surface area contributed by atoms with Crippen molar-refractivity contribution < 1.29 is 32.2 Å². The summed E-state index contributed by atoms with van der Waals surface area (Å²) in [4.78, 5) is 25.4. The topological polar surface area (TPSA) is 120 Å². The molecule has 10 nitrogen and oxygen atoms in total. The minimum absolute atomic E-state index is 0.0438. The molecule has 0 atom stereocenters. The van der Waals surface area contributed by atoms with Gasteiger partial charge in [-0.3, -0.25) is 4.79 Å². The molecular formula is C30H33F3N6O4. The Morgan fingerprint density at radius 1 is 0.837 bits per heavy atom. The second kappa shape index (κ2) is 12.0. The van der Waals surface area contributed by atoms with Gasteiger partial charge in [-0.15, -0.1) is 0 Å². The van der Waals surface area contributed by atoms with Gasteiger partial charge in [-0.25, -0.2) is 0 Å². The highest BCUT2D eigenvalue weighted by molar-refractivity contribution is 5.94. The number of anilines is 1. The van der Waals surface area contributed by atoms with Gasteiger partial charge in [-0.2, -0.15) is 28.1 Å². The van der Waals surface area contributed by atoms with Crippen molar-refractivity contribution in [2.45, 2.75) is 32.0 Å². The molecule has 43 heavy (non-hydrogen) atoms. The molecule has 1 saturated carbocycles. The van der Waals surface area contributed by atoms with E-state index in [1.165, 1.54) is 0 Å². The van der Waals surface area contributed by atoms with Crippen LogP contribution in [0.3, 0.4) is 0 Å². The Labute approximate surface area is 246 Å². The maximum Gasteiger partial charge on any atom is 0.422 e. The van der Waals surface area contributed by atoms with Crippen LogP contribution in [0, 0.1) is 10.8 Å². The van der Waals surface area contributed by atoms with Crippen molar-refractivity contribution in [3.05, 3.63) is 71.0 Å². The van der Waals surface area contributed by atoms with Crippen molar-refractivity contribution in [3.63, 3.8) is 0 Å². The number of hydrogen-bond donors (Lipinski definition) is 3. The summed E-state index contributed by atoms with van der Waals surface area (Å²) < 4.78 is 54.9. The van der Waals surface area contributed by atoms with Crippen LogP contribution in [0.1, 0.15) is 40.2 Å². The molecule has 6 bridgehead atoms. The number of nitrogens with one attached hydrogen (secondary N) is 3. The smallest absolute Gasteiger partial charge is 0.422 e. The number of alkyl halides is 3. The normalized spacial score (nSPS) is 19.9. The first-order chi connectivity index (χ1) is 20.7. The molecule has 0 unspecified atom stereocenters. The molecule has 2 aromatic carbocycles. The third-order valence-corrected chi connectivity index (χ3v) is 7.92. The molecule has 9 rings (SSSR count). The van der Waals surface area contributed by atoms with Crippen LogP contribution < -0.4 is 25.4 Å². The second-order valence-corrected chi connectivity index (χ2v) is 11.7. The number of carbonyl (C=O) groups excluding carboxylic acids is 1. The molecule has 1 aromatic heterocycles. The van der Waals surface area contributed by atoms with Crippen molar-refractivity contribution in [2.24, 2.45) is 10.8 Å². The van der Waals surface area contributed by atoms with Crippen LogP contribution in [0.15, 0.2) is 48.5 Å². The Kier molecular flexibility index (Phi) is 8.10. The zero-order chi connectivity index (χ0) is 29.9. The lowest BCUT2D eigenvalue weighted by Gasteiger charge is -2.41. The van der Waals surface area contributed by atoms with E-state index in [9.17, 15) is 18.0 Å². The lowest BCUT2D eigenvalue weighted by atomic mass is 9.86. The second-order valence-electron chi connectivity index (χ2n) is 11.7. The van der Waals surface area contributed by atoms with Crippen molar-refractivity contribution in [1.82, 2.24) is 25.6 Å². The number of amides is 1. The Balaban J connectivity index is 1.23. The predicted molar refractivity (Wildman–Crippen MR) is 150 cm³/mol. The van der Waals surface area contributed by atoms with Gasteiger partial charge in [-0.1, -0.05) is 24.3 Å². The summed E-state index contributed by atoms with van der Waals surface area (Å²) in [6.07, 6.45) is -2.25. The summed E-state index contributed by atoms with van der Waals surface area (Å²) in [5.41, 5.74) is 2.12. The van der Waals surface area contributed by atoms with E-state index < -0.39 is 18.8 Å². The van der Waals surface area contributed by atoms with E-state index in [-0.39, 0.29) is 34.9 Å². The molecule has 3 aromatic rings. The third-order valence-electron chi connectivity index (χ3n) is 7.92. The van der Waals surface area contributed by atoms with Gasteiger partial charge in [0, 0.05) is 43.6 Å². The van der Waals surface area contributed by atoms with E-state index in [1.807, 2.05) is 24.3 Å². The average Bonchev–Trinajstić information content (AvgIpc) is 3.74. The largest absolute Gasteiger partial charge is 0.493 e. The van der Waals surface area contributed by atoms with Crippen LogP contribution in [-0.4, -0.2) is 73.1 Å². The lowest BCUT2D eigenvalue weighted by molar-refractivity contribution is -0.154. The number of benzene rings is 2. The SMILES string of the molecule is O=C1NCC2(CC2)CNCC2(COC2)COc2ccc(cc2)CNc2nc(nc(OCC(F)(F)F)n2)Cc2ccc1cc2. The molecule has 5 aliphatic heterocycles. The zero-order valence-electron chi connectivity index (χ0n) is 23.5. The maximum absolute atomic E-state index is 12.9. The fourth-order valence-electron chi connectivity index (χ4n) is 5.03. The summed E-state index contributed by atoms with van der Waals surface area (Å²) in [6, 6.07) is 14.1. The van der Waals surface area contributed by atoms with Gasteiger partial charge < -0.3 is 30.2 Å². The van der Waals surface area contributed by atoms with Gasteiger partial charge in [0.2, 0.25) is 5.95 Å². The summed E-state index contributed by atoms with van der Waals surface area (Å²) in [5, 5.41) is 9.72. The van der Waals surface area contributed by atoms with Crippen LogP contribution in [0.4, 0.5) is 19.1 Å². The zero-order valence-corrected chi connectivity index (χ0v) is 23.5. The van der Waals surface area contributed by atoms with Crippen LogP contribution in [0.5, 0.6) is 11.8 Å². The molecular weight excluding hydrogens is 565 g/mol. The first kappa shape index (κ1) is 29.1. The van der Waals surface area contributed by atoms with Crippen molar-refractivity contribution in [2.75, 3.05) is 51.4 Å². The summed E-state index contributed by atoms with van der Waals surface area (Å²) in [6.45, 7) is 2.67. The van der Waals surface area contributed by atoms with Crippen LogP contribution >= 0.6 is 0 Å². The summed E-state index contributed by atoms with van der Waals surface area (Å²) in [5.74, 6) is 0.870. The number of halogens is 3. The van der Waals surface area contributed by atoms with E-state index in [4.69, 9.17) is 14.2 Å². The molecule has 1 aliphatic carbocycles. The van der Waals surface area contributed by atoms with Crippen molar-refractivity contribution in [1.29, 1.82) is 0 Å². The van der Waals surface area contributed by atoms with Crippen LogP contribution in [-0.2, 0) is 17.7 Å². The minimum Gasteiger partial charge on any atom is -0.493 e.